The summed E-state index contributed by atoms with van der Waals surface area (Å²) in [5.41, 5.74) is 2.91. The number of halogens is 1. The van der Waals surface area contributed by atoms with Gasteiger partial charge in [0.25, 0.3) is 5.91 Å². The van der Waals surface area contributed by atoms with E-state index in [0.29, 0.717) is 17.6 Å². The van der Waals surface area contributed by atoms with Crippen LogP contribution in [0.25, 0.3) is 11.1 Å². The highest BCUT2D eigenvalue weighted by Crippen LogP contribution is 2.17. The Labute approximate surface area is 120 Å². The van der Waals surface area contributed by atoms with E-state index < -0.39 is 0 Å². The number of hydrogen-bond donors (Lipinski definition) is 1. The van der Waals surface area contributed by atoms with E-state index in [4.69, 9.17) is 4.42 Å². The van der Waals surface area contributed by atoms with Crippen LogP contribution in [-0.4, -0.2) is 10.9 Å². The highest BCUT2D eigenvalue weighted by atomic mass is 19.1. The number of hydrogen-bond acceptors (Lipinski definition) is 3. The van der Waals surface area contributed by atoms with Gasteiger partial charge in [0.15, 0.2) is 11.3 Å². The quantitative estimate of drug-likeness (QED) is 0.803. The second kappa shape index (κ2) is 5.36. The first-order valence-corrected chi connectivity index (χ1v) is 6.52. The Morgan fingerprint density at radius 1 is 1.24 bits per heavy atom. The molecule has 1 N–H and O–H groups in total. The third-order valence-corrected chi connectivity index (χ3v) is 3.10. The lowest BCUT2D eigenvalue weighted by Gasteiger charge is -2.02. The topological polar surface area (TPSA) is 55.1 Å². The number of aryl methyl sites for hydroxylation is 1. The van der Waals surface area contributed by atoms with Crippen molar-refractivity contribution in [3.8, 4) is 0 Å². The van der Waals surface area contributed by atoms with Crippen molar-refractivity contribution in [2.24, 2.45) is 0 Å². The van der Waals surface area contributed by atoms with Gasteiger partial charge in [0.05, 0.1) is 0 Å². The maximum absolute atomic E-state index is 12.8. The molecule has 4 nitrogen and oxygen atoms in total. The van der Waals surface area contributed by atoms with Gasteiger partial charge in [0.1, 0.15) is 11.3 Å². The van der Waals surface area contributed by atoms with Gasteiger partial charge in [-0.2, -0.15) is 0 Å². The second-order valence-electron chi connectivity index (χ2n) is 4.76. The molecule has 2 heterocycles. The molecule has 0 aliphatic heterocycles. The molecule has 0 spiro atoms. The molecule has 0 unspecified atom stereocenters. The van der Waals surface area contributed by atoms with E-state index >= 15 is 0 Å². The summed E-state index contributed by atoms with van der Waals surface area (Å²) in [6.07, 6.45) is 0. The molecule has 0 aliphatic carbocycles. The van der Waals surface area contributed by atoms with Gasteiger partial charge in [0.2, 0.25) is 0 Å². The number of aromatic nitrogens is 1. The van der Waals surface area contributed by atoms with Gasteiger partial charge < -0.3 is 9.73 Å². The van der Waals surface area contributed by atoms with Gasteiger partial charge in [-0.25, -0.2) is 9.37 Å². The predicted molar refractivity (Wildman–Crippen MR) is 76.3 cm³/mol. The molecule has 0 radical (unpaired) electrons. The molecule has 0 fully saturated rings. The minimum absolute atomic E-state index is 0.213. The first-order valence-electron chi connectivity index (χ1n) is 6.52. The Morgan fingerprint density at radius 3 is 2.76 bits per heavy atom. The summed E-state index contributed by atoms with van der Waals surface area (Å²) in [6, 6.07) is 11.2. The van der Waals surface area contributed by atoms with Gasteiger partial charge in [0, 0.05) is 18.3 Å². The van der Waals surface area contributed by atoms with E-state index in [1.54, 1.807) is 24.3 Å². The third-order valence-electron chi connectivity index (χ3n) is 3.10. The van der Waals surface area contributed by atoms with E-state index in [0.717, 1.165) is 11.3 Å². The molecule has 3 aromatic rings. The highest BCUT2D eigenvalue weighted by Gasteiger charge is 2.12. The molecule has 1 aromatic carbocycles. The highest BCUT2D eigenvalue weighted by molar-refractivity contribution is 5.95. The number of fused-ring (bicyclic) bond motifs is 1. The minimum Gasteiger partial charge on any atom is -0.449 e. The van der Waals surface area contributed by atoms with Crippen LogP contribution < -0.4 is 5.32 Å². The summed E-state index contributed by atoms with van der Waals surface area (Å²) < 4.78 is 18.2. The monoisotopic (exact) mass is 284 g/mol. The molecular formula is C16H13FN2O2. The molecule has 3 rings (SSSR count). The smallest absolute Gasteiger partial charge is 0.287 e. The number of amides is 1. The molecule has 0 atom stereocenters. The number of carbonyl (C=O) groups is 1. The largest absolute Gasteiger partial charge is 0.449 e. The van der Waals surface area contributed by atoms with Crippen LogP contribution in [0.4, 0.5) is 4.39 Å². The Morgan fingerprint density at radius 2 is 2.00 bits per heavy atom. The lowest BCUT2D eigenvalue weighted by atomic mass is 10.2. The van der Waals surface area contributed by atoms with E-state index in [2.05, 4.69) is 10.3 Å². The van der Waals surface area contributed by atoms with Crippen LogP contribution in [0, 0.1) is 12.7 Å². The van der Waals surface area contributed by atoms with Crippen molar-refractivity contribution in [3.05, 3.63) is 65.3 Å². The molecule has 106 valence electrons. The Balaban J connectivity index is 1.73. The zero-order valence-electron chi connectivity index (χ0n) is 11.4. The molecule has 0 saturated carbocycles. The number of nitrogens with zero attached hydrogens (tertiary/aromatic N) is 1. The zero-order valence-corrected chi connectivity index (χ0v) is 11.4. The number of rotatable bonds is 3. The average molecular weight is 284 g/mol. The molecule has 2 aromatic heterocycles. The number of benzene rings is 1. The molecule has 5 heteroatoms. The number of furan rings is 1. The summed E-state index contributed by atoms with van der Waals surface area (Å²) in [4.78, 5) is 16.3. The van der Waals surface area contributed by atoms with E-state index in [9.17, 15) is 9.18 Å². The summed E-state index contributed by atoms with van der Waals surface area (Å²) in [5.74, 6) is -0.413. The van der Waals surface area contributed by atoms with Crippen molar-refractivity contribution < 1.29 is 13.6 Å². The van der Waals surface area contributed by atoms with E-state index in [1.807, 2.05) is 13.0 Å². The molecular weight excluding hydrogens is 271 g/mol. The predicted octanol–water partition coefficient (Wildman–Crippen LogP) is 3.21. The summed E-state index contributed by atoms with van der Waals surface area (Å²) >= 11 is 0. The number of pyridine rings is 1. The molecule has 0 bridgehead atoms. The van der Waals surface area contributed by atoms with Crippen LogP contribution in [0.5, 0.6) is 0 Å². The number of carbonyl (C=O) groups excluding carboxylic acids is 1. The Bertz CT molecular complexity index is 794. The van der Waals surface area contributed by atoms with Crippen molar-refractivity contribution >= 4 is 17.0 Å². The summed E-state index contributed by atoms with van der Waals surface area (Å²) in [6.45, 7) is 2.18. The van der Waals surface area contributed by atoms with E-state index in [1.165, 1.54) is 12.1 Å². The maximum atomic E-state index is 12.8. The van der Waals surface area contributed by atoms with Gasteiger partial charge >= 0.3 is 0 Å². The fourth-order valence-corrected chi connectivity index (χ4v) is 2.01. The average Bonchev–Trinajstić information content (AvgIpc) is 2.89. The van der Waals surface area contributed by atoms with Gasteiger partial charge in [-0.3, -0.25) is 4.79 Å². The molecule has 0 saturated heterocycles. The van der Waals surface area contributed by atoms with Crippen LogP contribution in [0.3, 0.4) is 0 Å². The summed E-state index contributed by atoms with van der Waals surface area (Å²) in [7, 11) is 0. The summed E-state index contributed by atoms with van der Waals surface area (Å²) in [5, 5.41) is 2.73. The lowest BCUT2D eigenvalue weighted by Crippen LogP contribution is -2.22. The first kappa shape index (κ1) is 13.3. The van der Waals surface area contributed by atoms with Gasteiger partial charge in [-0.05, 0) is 36.8 Å². The normalized spacial score (nSPS) is 10.8. The SMILES string of the molecule is Cc1ccc2oc(C(=O)NCc3ccc(F)cc3)cc2n1. The van der Waals surface area contributed by atoms with Gasteiger partial charge in [-0.1, -0.05) is 12.1 Å². The molecule has 1 amide bonds. The first-order chi connectivity index (χ1) is 10.1. The fraction of sp³-hybridized carbons (Fsp3) is 0.125. The van der Waals surface area contributed by atoms with Crippen LogP contribution in [-0.2, 0) is 6.54 Å². The van der Waals surface area contributed by atoms with Crippen LogP contribution in [0.2, 0.25) is 0 Å². The minimum atomic E-state index is -0.324. The van der Waals surface area contributed by atoms with Crippen molar-refractivity contribution in [1.82, 2.24) is 10.3 Å². The third kappa shape index (κ3) is 2.91. The second-order valence-corrected chi connectivity index (χ2v) is 4.76. The molecule has 0 aliphatic rings. The number of nitrogens with one attached hydrogen (secondary N) is 1. The standard InChI is InChI=1S/C16H13FN2O2/c1-10-2-7-14-13(19-10)8-15(21-14)16(20)18-9-11-3-5-12(17)6-4-11/h2-8H,9H2,1H3,(H,18,20). The van der Waals surface area contributed by atoms with Crippen molar-refractivity contribution in [2.45, 2.75) is 13.5 Å². The Hall–Kier alpha value is -2.69. The van der Waals surface area contributed by atoms with Crippen molar-refractivity contribution in [3.63, 3.8) is 0 Å². The fourth-order valence-electron chi connectivity index (χ4n) is 2.01. The maximum Gasteiger partial charge on any atom is 0.287 e. The molecule has 21 heavy (non-hydrogen) atoms. The van der Waals surface area contributed by atoms with E-state index in [-0.39, 0.29) is 17.5 Å². The lowest BCUT2D eigenvalue weighted by molar-refractivity contribution is 0.0925. The van der Waals surface area contributed by atoms with Crippen molar-refractivity contribution in [2.75, 3.05) is 0 Å². The van der Waals surface area contributed by atoms with Crippen LogP contribution >= 0.6 is 0 Å². The van der Waals surface area contributed by atoms with Crippen LogP contribution in [0.1, 0.15) is 21.8 Å². The Kier molecular flexibility index (Phi) is 3.39. The van der Waals surface area contributed by atoms with Crippen LogP contribution in [0.15, 0.2) is 46.9 Å². The van der Waals surface area contributed by atoms with Gasteiger partial charge in [-0.15, -0.1) is 0 Å². The zero-order chi connectivity index (χ0) is 14.8. The van der Waals surface area contributed by atoms with Crippen molar-refractivity contribution in [1.29, 1.82) is 0 Å².